The Labute approximate surface area is 93.6 Å². The molecule has 0 bridgehead atoms. The predicted octanol–water partition coefficient (Wildman–Crippen LogP) is 2.11. The lowest BCUT2D eigenvalue weighted by Gasteiger charge is -2.07. The quantitative estimate of drug-likeness (QED) is 0.807. The molecule has 0 aliphatic carbocycles. The van der Waals surface area contributed by atoms with Crippen LogP contribution < -0.4 is 5.73 Å². The highest BCUT2D eigenvalue weighted by Crippen LogP contribution is 2.21. The predicted molar refractivity (Wildman–Crippen MR) is 65.2 cm³/mol. The minimum Gasteiger partial charge on any atom is -0.326 e. The highest BCUT2D eigenvalue weighted by molar-refractivity contribution is 7.98. The third kappa shape index (κ3) is 2.16. The van der Waals surface area contributed by atoms with E-state index in [0.717, 1.165) is 6.54 Å². The second-order valence-corrected chi connectivity index (χ2v) is 4.61. The van der Waals surface area contributed by atoms with Crippen LogP contribution in [0.1, 0.15) is 6.92 Å². The van der Waals surface area contributed by atoms with E-state index >= 15 is 0 Å². The van der Waals surface area contributed by atoms with E-state index in [-0.39, 0.29) is 6.04 Å². The van der Waals surface area contributed by atoms with E-state index in [2.05, 4.69) is 29.6 Å². The zero-order chi connectivity index (χ0) is 10.8. The summed E-state index contributed by atoms with van der Waals surface area (Å²) in [5.41, 5.74) is 6.95. The van der Waals surface area contributed by atoms with Gasteiger partial charge in [-0.25, -0.2) is 0 Å². The highest BCUT2D eigenvalue weighted by Gasteiger charge is 2.04. The fourth-order valence-electron chi connectivity index (χ4n) is 1.60. The lowest BCUT2D eigenvalue weighted by molar-refractivity contribution is 0.553. The number of rotatable bonds is 3. The molecular weight excluding hydrogens is 206 g/mol. The molecule has 0 radical (unpaired) electrons. The molecule has 1 unspecified atom stereocenters. The highest BCUT2D eigenvalue weighted by atomic mass is 32.2. The summed E-state index contributed by atoms with van der Waals surface area (Å²) in [4.78, 5) is 1.26. The maximum absolute atomic E-state index is 5.78. The Kier molecular flexibility index (Phi) is 2.98. The first kappa shape index (κ1) is 10.5. The van der Waals surface area contributed by atoms with Crippen LogP contribution in [0.25, 0.3) is 10.9 Å². The number of hydrogen-bond acceptors (Lipinski definition) is 3. The molecule has 0 saturated carbocycles. The Morgan fingerprint density at radius 2 is 2.33 bits per heavy atom. The molecule has 0 aliphatic heterocycles. The van der Waals surface area contributed by atoms with Crippen LogP contribution in [-0.4, -0.2) is 22.1 Å². The van der Waals surface area contributed by atoms with E-state index in [0.29, 0.717) is 0 Å². The number of nitrogens with zero attached hydrogens (tertiary/aromatic N) is 2. The van der Waals surface area contributed by atoms with Crippen LogP contribution in [0.15, 0.2) is 29.3 Å². The first-order chi connectivity index (χ1) is 7.20. The Bertz CT molecular complexity index is 462. The van der Waals surface area contributed by atoms with Crippen molar-refractivity contribution in [3.8, 4) is 0 Å². The molecule has 0 aliphatic rings. The van der Waals surface area contributed by atoms with Gasteiger partial charge in [-0.1, -0.05) is 6.07 Å². The minimum atomic E-state index is 0.131. The van der Waals surface area contributed by atoms with E-state index in [9.17, 15) is 0 Å². The van der Waals surface area contributed by atoms with Crippen molar-refractivity contribution in [1.29, 1.82) is 0 Å². The number of nitrogens with two attached hydrogens (primary N) is 1. The summed E-state index contributed by atoms with van der Waals surface area (Å²) in [6.07, 6.45) is 3.97. The van der Waals surface area contributed by atoms with Gasteiger partial charge in [-0.05, 0) is 25.3 Å². The van der Waals surface area contributed by atoms with Gasteiger partial charge >= 0.3 is 0 Å². The van der Waals surface area contributed by atoms with E-state index in [4.69, 9.17) is 5.73 Å². The van der Waals surface area contributed by atoms with Crippen LogP contribution in [0.2, 0.25) is 0 Å². The number of aromatic nitrogens is 2. The number of thioether (sulfide) groups is 1. The average Bonchev–Trinajstić information content (AvgIpc) is 2.60. The van der Waals surface area contributed by atoms with Gasteiger partial charge < -0.3 is 5.73 Å². The molecular formula is C11H15N3S. The van der Waals surface area contributed by atoms with Crippen molar-refractivity contribution in [1.82, 2.24) is 9.78 Å². The van der Waals surface area contributed by atoms with Crippen LogP contribution in [0.3, 0.4) is 0 Å². The van der Waals surface area contributed by atoms with Gasteiger partial charge in [0, 0.05) is 16.3 Å². The van der Waals surface area contributed by atoms with Crippen LogP contribution in [-0.2, 0) is 6.54 Å². The molecule has 1 aromatic heterocycles. The molecule has 1 heterocycles. The molecule has 15 heavy (non-hydrogen) atoms. The average molecular weight is 221 g/mol. The number of benzene rings is 1. The zero-order valence-corrected chi connectivity index (χ0v) is 9.79. The number of fused-ring (bicyclic) bond motifs is 1. The van der Waals surface area contributed by atoms with Crippen LogP contribution in [0.4, 0.5) is 0 Å². The van der Waals surface area contributed by atoms with Crippen LogP contribution in [0, 0.1) is 0 Å². The molecule has 2 aromatic rings. The topological polar surface area (TPSA) is 43.8 Å². The smallest absolute Gasteiger partial charge is 0.0694 e. The van der Waals surface area contributed by atoms with Gasteiger partial charge in [0.15, 0.2) is 0 Å². The minimum absolute atomic E-state index is 0.131. The maximum Gasteiger partial charge on any atom is 0.0694 e. The molecule has 2 N–H and O–H groups in total. The van der Waals surface area contributed by atoms with Crippen LogP contribution in [0.5, 0.6) is 0 Å². The Morgan fingerprint density at radius 1 is 1.53 bits per heavy atom. The molecule has 4 heteroatoms. The molecule has 1 aromatic carbocycles. The number of hydrogen-bond donors (Lipinski definition) is 1. The van der Waals surface area contributed by atoms with E-state index in [1.165, 1.54) is 15.8 Å². The first-order valence-corrected chi connectivity index (χ1v) is 6.18. The summed E-state index contributed by atoms with van der Waals surface area (Å²) >= 11 is 1.74. The van der Waals surface area contributed by atoms with Crippen molar-refractivity contribution >= 4 is 22.7 Å². The third-order valence-electron chi connectivity index (χ3n) is 2.31. The monoisotopic (exact) mass is 221 g/mol. The molecule has 1 atom stereocenters. The second-order valence-electron chi connectivity index (χ2n) is 3.73. The molecule has 3 nitrogen and oxygen atoms in total. The Morgan fingerprint density at radius 3 is 3.00 bits per heavy atom. The summed E-state index contributed by atoms with van der Waals surface area (Å²) in [5.74, 6) is 0. The van der Waals surface area contributed by atoms with Gasteiger partial charge in [0.25, 0.3) is 0 Å². The van der Waals surface area contributed by atoms with Crippen molar-refractivity contribution in [3.05, 3.63) is 24.4 Å². The third-order valence-corrected chi connectivity index (χ3v) is 3.04. The fraction of sp³-hybridized carbons (Fsp3) is 0.364. The zero-order valence-electron chi connectivity index (χ0n) is 8.97. The van der Waals surface area contributed by atoms with E-state index in [1.54, 1.807) is 11.8 Å². The van der Waals surface area contributed by atoms with Crippen molar-refractivity contribution in [2.24, 2.45) is 5.73 Å². The maximum atomic E-state index is 5.78. The van der Waals surface area contributed by atoms with E-state index in [1.807, 2.05) is 17.8 Å². The molecule has 0 saturated heterocycles. The largest absolute Gasteiger partial charge is 0.326 e. The summed E-state index contributed by atoms with van der Waals surface area (Å²) < 4.78 is 1.97. The van der Waals surface area contributed by atoms with E-state index < -0.39 is 0 Å². The summed E-state index contributed by atoms with van der Waals surface area (Å²) in [6, 6.07) is 6.51. The molecule has 0 spiro atoms. The molecule has 2 rings (SSSR count). The standard InChI is InChI=1S/C11H15N3S/c1-8(12)7-14-11-5-10(15-2)4-3-9(11)6-13-14/h3-6,8H,7,12H2,1-2H3. The Balaban J connectivity index is 2.46. The van der Waals surface area contributed by atoms with Gasteiger partial charge in [-0.15, -0.1) is 11.8 Å². The molecule has 0 fully saturated rings. The summed E-state index contributed by atoms with van der Waals surface area (Å²) in [7, 11) is 0. The van der Waals surface area contributed by atoms with Gasteiger partial charge in [0.1, 0.15) is 0 Å². The van der Waals surface area contributed by atoms with Crippen molar-refractivity contribution in [2.45, 2.75) is 24.4 Å². The molecule has 0 amide bonds. The lowest BCUT2D eigenvalue weighted by Crippen LogP contribution is -2.22. The second kappa shape index (κ2) is 4.24. The first-order valence-electron chi connectivity index (χ1n) is 4.96. The van der Waals surface area contributed by atoms with Gasteiger partial charge in [-0.3, -0.25) is 4.68 Å². The fourth-order valence-corrected chi connectivity index (χ4v) is 2.03. The van der Waals surface area contributed by atoms with Gasteiger partial charge in [-0.2, -0.15) is 5.10 Å². The lowest BCUT2D eigenvalue weighted by atomic mass is 10.2. The molecule has 80 valence electrons. The van der Waals surface area contributed by atoms with Crippen LogP contribution >= 0.6 is 11.8 Å². The van der Waals surface area contributed by atoms with Gasteiger partial charge in [0.05, 0.1) is 18.3 Å². The summed E-state index contributed by atoms with van der Waals surface area (Å²) in [6.45, 7) is 2.76. The SMILES string of the molecule is CSc1ccc2cnn(CC(C)N)c2c1. The van der Waals surface area contributed by atoms with Crippen molar-refractivity contribution in [2.75, 3.05) is 6.26 Å². The normalized spacial score (nSPS) is 13.3. The Hall–Kier alpha value is -1.00. The van der Waals surface area contributed by atoms with Crippen molar-refractivity contribution < 1.29 is 0 Å². The van der Waals surface area contributed by atoms with Crippen molar-refractivity contribution in [3.63, 3.8) is 0 Å². The van der Waals surface area contributed by atoms with Gasteiger partial charge in [0.2, 0.25) is 0 Å². The summed E-state index contributed by atoms with van der Waals surface area (Å²) in [5, 5.41) is 5.51.